The van der Waals surface area contributed by atoms with Gasteiger partial charge in [-0.3, -0.25) is 0 Å². The van der Waals surface area contributed by atoms with Crippen molar-refractivity contribution in [2.45, 2.75) is 64.3 Å². The van der Waals surface area contributed by atoms with Gasteiger partial charge in [0.1, 0.15) is 13.6 Å². The van der Waals surface area contributed by atoms with Gasteiger partial charge >= 0.3 is 0 Å². The number of hydrogen-bond acceptors (Lipinski definition) is 5. The highest BCUT2D eigenvalue weighted by atomic mass is 28.4. The van der Waals surface area contributed by atoms with Gasteiger partial charge in [0.05, 0.1) is 11.5 Å². The van der Waals surface area contributed by atoms with Crippen molar-refractivity contribution in [2.75, 3.05) is 13.6 Å². The third-order valence-electron chi connectivity index (χ3n) is 3.10. The van der Waals surface area contributed by atoms with E-state index in [0.717, 1.165) is 12.8 Å². The van der Waals surface area contributed by atoms with Gasteiger partial charge in [-0.1, -0.05) is 13.8 Å². The van der Waals surface area contributed by atoms with Crippen LogP contribution in [0.3, 0.4) is 0 Å². The Morgan fingerprint density at radius 2 is 1.21 bits per heavy atom. The van der Waals surface area contributed by atoms with Crippen molar-refractivity contribution in [1.82, 2.24) is 0 Å². The fourth-order valence-corrected chi connectivity index (χ4v) is 11.7. The highest BCUT2D eigenvalue weighted by Gasteiger charge is 2.48. The fraction of sp³-hybridized carbons (Fsp3) is 1.00. The number of aliphatic hydroxyl groups excluding tert-OH is 2. The number of ether oxygens (including phenoxy) is 2. The van der Waals surface area contributed by atoms with Crippen LogP contribution in [0, 0.1) is 0 Å². The lowest BCUT2D eigenvalue weighted by molar-refractivity contribution is -0.0515. The molecule has 0 aromatic rings. The summed E-state index contributed by atoms with van der Waals surface area (Å²) in [5.41, 5.74) is -0.276. The minimum atomic E-state index is -2.39. The lowest BCUT2D eigenvalue weighted by Crippen LogP contribution is -2.63. The molecule has 116 valence electrons. The van der Waals surface area contributed by atoms with Crippen LogP contribution < -0.4 is 0 Å². The van der Waals surface area contributed by atoms with Crippen LogP contribution in [0.5, 0.6) is 0 Å². The molecular weight excluding hydrogens is 280 g/mol. The standard InChI is InChI=1S/C12H30O5Si2/c1-7-11(15-9-13)19(6,17-18(3,4)5)12(8-2)16-10-14/h11-14H,7-10H2,1-6H3. The highest BCUT2D eigenvalue weighted by molar-refractivity contribution is 6.86. The first-order chi connectivity index (χ1) is 8.75. The third-order valence-corrected chi connectivity index (χ3v) is 11.0. The van der Waals surface area contributed by atoms with Crippen molar-refractivity contribution in [3.05, 3.63) is 0 Å². The van der Waals surface area contributed by atoms with Gasteiger partial charge in [-0.2, -0.15) is 0 Å². The van der Waals surface area contributed by atoms with Crippen LogP contribution in [-0.2, 0) is 13.6 Å². The Labute approximate surface area is 119 Å². The SMILES string of the molecule is CCC(OCO)[Si](C)(O[Si](C)(C)C)C(CC)OCO. The summed E-state index contributed by atoms with van der Waals surface area (Å²) in [6, 6.07) is 0. The minimum absolute atomic E-state index is 0.138. The van der Waals surface area contributed by atoms with Gasteiger partial charge in [0.2, 0.25) is 8.32 Å². The Morgan fingerprint density at radius 3 is 1.42 bits per heavy atom. The molecule has 0 spiro atoms. The number of aliphatic hydroxyl groups is 2. The van der Waals surface area contributed by atoms with Crippen LogP contribution in [0.4, 0.5) is 0 Å². The molecule has 0 radical (unpaired) electrons. The maximum absolute atomic E-state index is 9.08. The smallest absolute Gasteiger partial charge is 0.235 e. The van der Waals surface area contributed by atoms with Gasteiger partial charge in [-0.25, -0.2) is 0 Å². The van der Waals surface area contributed by atoms with Crippen molar-refractivity contribution in [1.29, 1.82) is 0 Å². The predicted octanol–water partition coefficient (Wildman–Crippen LogP) is 1.98. The maximum atomic E-state index is 9.08. The molecule has 0 bridgehead atoms. The molecule has 0 heterocycles. The molecule has 0 saturated heterocycles. The van der Waals surface area contributed by atoms with Gasteiger partial charge < -0.3 is 23.8 Å². The van der Waals surface area contributed by atoms with E-state index in [4.69, 9.17) is 23.8 Å². The molecule has 2 unspecified atom stereocenters. The topological polar surface area (TPSA) is 68.2 Å². The summed E-state index contributed by atoms with van der Waals surface area (Å²) >= 11 is 0. The van der Waals surface area contributed by atoms with Gasteiger partial charge in [0, 0.05) is 0 Å². The first-order valence-corrected chi connectivity index (χ1v) is 12.9. The van der Waals surface area contributed by atoms with Gasteiger partial charge in [-0.15, -0.1) is 0 Å². The molecule has 0 aliphatic heterocycles. The molecule has 2 atom stereocenters. The molecule has 0 rings (SSSR count). The second-order valence-corrected chi connectivity index (χ2v) is 14.5. The van der Waals surface area contributed by atoms with Crippen LogP contribution in [0.1, 0.15) is 26.7 Å². The molecule has 0 aromatic carbocycles. The minimum Gasteiger partial charge on any atom is -0.453 e. The molecule has 7 heteroatoms. The molecule has 0 aromatic heterocycles. The van der Waals surface area contributed by atoms with Crippen LogP contribution in [0.25, 0.3) is 0 Å². The molecule has 2 N–H and O–H groups in total. The van der Waals surface area contributed by atoms with Crippen LogP contribution in [0.2, 0.25) is 26.2 Å². The molecule has 19 heavy (non-hydrogen) atoms. The summed E-state index contributed by atoms with van der Waals surface area (Å²) in [5, 5.41) is 18.2. The second-order valence-electron chi connectivity index (χ2n) is 5.78. The van der Waals surface area contributed by atoms with E-state index in [-0.39, 0.29) is 25.0 Å². The van der Waals surface area contributed by atoms with E-state index in [2.05, 4.69) is 26.2 Å². The van der Waals surface area contributed by atoms with E-state index in [1.165, 1.54) is 0 Å². The first-order valence-electron chi connectivity index (χ1n) is 6.90. The van der Waals surface area contributed by atoms with Crippen molar-refractivity contribution in [2.24, 2.45) is 0 Å². The lowest BCUT2D eigenvalue weighted by Gasteiger charge is -2.43. The number of rotatable bonds is 10. The van der Waals surface area contributed by atoms with Crippen molar-refractivity contribution >= 4 is 16.6 Å². The quantitative estimate of drug-likeness (QED) is 0.477. The largest absolute Gasteiger partial charge is 0.453 e. The van der Waals surface area contributed by atoms with E-state index >= 15 is 0 Å². The van der Waals surface area contributed by atoms with E-state index in [1.807, 2.05) is 13.8 Å². The molecule has 0 aliphatic carbocycles. The zero-order valence-corrected chi connectivity index (χ0v) is 15.1. The molecular formula is C12H30O5Si2. The Bertz CT molecular complexity index is 231. The predicted molar refractivity (Wildman–Crippen MR) is 80.5 cm³/mol. The van der Waals surface area contributed by atoms with Gasteiger partial charge in [0.25, 0.3) is 0 Å². The molecule has 0 fully saturated rings. The van der Waals surface area contributed by atoms with E-state index < -0.39 is 16.6 Å². The van der Waals surface area contributed by atoms with Crippen molar-refractivity contribution in [3.8, 4) is 0 Å². The molecule has 5 nitrogen and oxygen atoms in total. The summed E-state index contributed by atoms with van der Waals surface area (Å²) in [7, 11) is -4.16. The zero-order chi connectivity index (χ0) is 15.1. The van der Waals surface area contributed by atoms with E-state index in [0.29, 0.717) is 0 Å². The Balaban J connectivity index is 5.28. The monoisotopic (exact) mass is 310 g/mol. The maximum Gasteiger partial charge on any atom is 0.235 e. The summed E-state index contributed by atoms with van der Waals surface area (Å²) < 4.78 is 17.4. The zero-order valence-electron chi connectivity index (χ0n) is 13.1. The average molecular weight is 311 g/mol. The van der Waals surface area contributed by atoms with Gasteiger partial charge in [-0.05, 0) is 39.0 Å². The summed E-state index contributed by atoms with van der Waals surface area (Å²) in [4.78, 5) is 0. The molecule has 0 saturated carbocycles. The second kappa shape index (κ2) is 8.50. The van der Waals surface area contributed by atoms with Crippen molar-refractivity contribution in [3.63, 3.8) is 0 Å². The van der Waals surface area contributed by atoms with Crippen LogP contribution >= 0.6 is 0 Å². The Hall–Kier alpha value is 0.234. The van der Waals surface area contributed by atoms with Gasteiger partial charge in [0.15, 0.2) is 8.32 Å². The third kappa shape index (κ3) is 6.03. The Morgan fingerprint density at radius 1 is 0.842 bits per heavy atom. The van der Waals surface area contributed by atoms with Crippen LogP contribution in [0.15, 0.2) is 0 Å². The summed E-state index contributed by atoms with van der Waals surface area (Å²) in [5.74, 6) is 0. The Kier molecular flexibility index (Phi) is 8.61. The molecule has 0 amide bonds. The number of hydrogen-bond donors (Lipinski definition) is 2. The summed E-state index contributed by atoms with van der Waals surface area (Å²) in [6.45, 7) is 11.9. The lowest BCUT2D eigenvalue weighted by atomic mass is 10.5. The van der Waals surface area contributed by atoms with E-state index in [9.17, 15) is 0 Å². The fourth-order valence-electron chi connectivity index (χ4n) is 2.56. The summed E-state index contributed by atoms with van der Waals surface area (Å²) in [6.07, 6.45) is 1.53. The van der Waals surface area contributed by atoms with Crippen LogP contribution in [-0.4, -0.2) is 51.9 Å². The molecule has 0 aliphatic rings. The first kappa shape index (κ1) is 19.2. The van der Waals surface area contributed by atoms with Crippen molar-refractivity contribution < 1.29 is 23.8 Å². The normalized spacial score (nSPS) is 18.9. The average Bonchev–Trinajstić information content (AvgIpc) is 2.30. The highest BCUT2D eigenvalue weighted by Crippen LogP contribution is 2.28. The van der Waals surface area contributed by atoms with E-state index in [1.54, 1.807) is 0 Å².